The molecule has 0 spiro atoms. The van der Waals surface area contributed by atoms with E-state index in [1.807, 2.05) is 0 Å². The van der Waals surface area contributed by atoms with Gasteiger partial charge in [-0.2, -0.15) is 0 Å². The summed E-state index contributed by atoms with van der Waals surface area (Å²) in [4.78, 5) is 22.9. The first-order chi connectivity index (χ1) is 7.93. The van der Waals surface area contributed by atoms with E-state index in [0.717, 1.165) is 0 Å². The summed E-state index contributed by atoms with van der Waals surface area (Å²) in [6.45, 7) is 1.76. The molecule has 1 aliphatic carbocycles. The van der Waals surface area contributed by atoms with Crippen molar-refractivity contribution in [3.8, 4) is 0 Å². The van der Waals surface area contributed by atoms with E-state index in [0.29, 0.717) is 15.6 Å². The molecule has 0 radical (unpaired) electrons. The first-order valence-corrected chi connectivity index (χ1v) is 5.91. The summed E-state index contributed by atoms with van der Waals surface area (Å²) in [5.41, 5.74) is 0.417. The lowest BCUT2D eigenvalue weighted by Gasteiger charge is -2.01. The number of halogens is 2. The summed E-state index contributed by atoms with van der Waals surface area (Å²) < 4.78 is 0. The van der Waals surface area contributed by atoms with Crippen molar-refractivity contribution < 1.29 is 14.7 Å². The lowest BCUT2D eigenvalue weighted by molar-refractivity contribution is -0.139. The zero-order valence-corrected chi connectivity index (χ0v) is 10.5. The normalized spacial score (nSPS) is 26.6. The Hall–Kier alpha value is -1.06. The number of carboxylic acids is 1. The zero-order chi connectivity index (χ0) is 12.7. The molecule has 0 aliphatic heterocycles. The Bertz CT molecular complexity index is 499. The Morgan fingerprint density at radius 3 is 2.29 bits per heavy atom. The van der Waals surface area contributed by atoms with E-state index in [4.69, 9.17) is 28.3 Å². The monoisotopic (exact) mass is 272 g/mol. The van der Waals surface area contributed by atoms with Gasteiger partial charge in [0, 0.05) is 11.5 Å². The highest BCUT2D eigenvalue weighted by molar-refractivity contribution is 6.42. The lowest BCUT2D eigenvalue weighted by Crippen LogP contribution is -2.08. The van der Waals surface area contributed by atoms with Crippen LogP contribution in [0.1, 0.15) is 17.3 Å². The van der Waals surface area contributed by atoms with Gasteiger partial charge in [-0.3, -0.25) is 9.59 Å². The number of ketones is 1. The van der Waals surface area contributed by atoms with Crippen LogP contribution < -0.4 is 0 Å². The summed E-state index contributed by atoms with van der Waals surface area (Å²) in [5.74, 6) is -2.23. The van der Waals surface area contributed by atoms with Crippen LogP contribution in [0.2, 0.25) is 10.0 Å². The van der Waals surface area contributed by atoms with Crippen LogP contribution in [-0.4, -0.2) is 16.9 Å². The molecular weight excluding hydrogens is 263 g/mol. The van der Waals surface area contributed by atoms with Gasteiger partial charge in [0.2, 0.25) is 0 Å². The Morgan fingerprint density at radius 2 is 1.82 bits per heavy atom. The molecule has 1 aliphatic rings. The van der Waals surface area contributed by atoms with Gasteiger partial charge in [0.15, 0.2) is 5.78 Å². The standard InChI is InChI=1S/C12H10Cl2O3/c1-5-9(10(5)12(16)17)11(15)6-2-3-7(13)8(14)4-6/h2-5,9-10H,1H3,(H,16,17)/t5-,9-,10-/m1/s1. The van der Waals surface area contributed by atoms with Gasteiger partial charge in [0.1, 0.15) is 0 Å². The first kappa shape index (κ1) is 12.4. The van der Waals surface area contributed by atoms with Crippen LogP contribution in [0, 0.1) is 17.8 Å². The van der Waals surface area contributed by atoms with Gasteiger partial charge in [-0.05, 0) is 24.1 Å². The van der Waals surface area contributed by atoms with Crippen molar-refractivity contribution in [2.24, 2.45) is 17.8 Å². The smallest absolute Gasteiger partial charge is 0.307 e. The second kappa shape index (κ2) is 4.31. The molecule has 0 unspecified atom stereocenters. The fourth-order valence-electron chi connectivity index (χ4n) is 2.08. The van der Waals surface area contributed by atoms with E-state index in [2.05, 4.69) is 0 Å². The second-order valence-electron chi connectivity index (χ2n) is 4.24. The molecule has 1 aromatic carbocycles. The van der Waals surface area contributed by atoms with Crippen molar-refractivity contribution in [2.45, 2.75) is 6.92 Å². The lowest BCUT2D eigenvalue weighted by atomic mass is 10.1. The highest BCUT2D eigenvalue weighted by Gasteiger charge is 2.56. The molecule has 0 aromatic heterocycles. The number of hydrogen-bond acceptors (Lipinski definition) is 2. The number of Topliss-reactive ketones (excluding diaryl/α,β-unsaturated/α-hetero) is 1. The third kappa shape index (κ3) is 2.17. The van der Waals surface area contributed by atoms with E-state index >= 15 is 0 Å². The minimum atomic E-state index is -0.920. The van der Waals surface area contributed by atoms with Gasteiger partial charge in [-0.15, -0.1) is 0 Å². The maximum absolute atomic E-state index is 12.0. The van der Waals surface area contributed by atoms with E-state index < -0.39 is 17.8 Å². The SMILES string of the molecule is C[C@H]1[C@@H](C(=O)O)[C@@H]1C(=O)c1ccc(Cl)c(Cl)c1. The van der Waals surface area contributed by atoms with Gasteiger partial charge >= 0.3 is 5.97 Å². The van der Waals surface area contributed by atoms with Gasteiger partial charge in [0.05, 0.1) is 16.0 Å². The first-order valence-electron chi connectivity index (χ1n) is 5.15. The van der Waals surface area contributed by atoms with Crippen LogP contribution in [0.4, 0.5) is 0 Å². The van der Waals surface area contributed by atoms with Gasteiger partial charge in [-0.1, -0.05) is 30.1 Å². The van der Waals surface area contributed by atoms with Crippen LogP contribution in [0.25, 0.3) is 0 Å². The molecule has 0 saturated heterocycles. The second-order valence-corrected chi connectivity index (χ2v) is 5.06. The summed E-state index contributed by atoms with van der Waals surface area (Å²) in [6, 6.07) is 4.59. The maximum Gasteiger partial charge on any atom is 0.307 e. The molecule has 17 heavy (non-hydrogen) atoms. The fourth-order valence-corrected chi connectivity index (χ4v) is 2.38. The molecule has 0 bridgehead atoms. The molecule has 2 rings (SSSR count). The number of hydrogen-bond donors (Lipinski definition) is 1. The van der Waals surface area contributed by atoms with E-state index in [9.17, 15) is 9.59 Å². The predicted molar refractivity (Wildman–Crippen MR) is 64.6 cm³/mol. The van der Waals surface area contributed by atoms with Gasteiger partial charge < -0.3 is 5.11 Å². The number of rotatable bonds is 3. The summed E-state index contributed by atoms with van der Waals surface area (Å²) in [7, 11) is 0. The molecule has 1 saturated carbocycles. The fraction of sp³-hybridized carbons (Fsp3) is 0.333. The predicted octanol–water partition coefficient (Wildman–Crippen LogP) is 3.14. The molecule has 3 atom stereocenters. The van der Waals surface area contributed by atoms with Crippen molar-refractivity contribution in [3.05, 3.63) is 33.8 Å². The molecule has 90 valence electrons. The number of carbonyl (C=O) groups is 2. The van der Waals surface area contributed by atoms with Crippen molar-refractivity contribution in [1.29, 1.82) is 0 Å². The molecule has 1 N–H and O–H groups in total. The van der Waals surface area contributed by atoms with E-state index in [-0.39, 0.29) is 11.7 Å². The molecule has 1 fully saturated rings. The Kier molecular flexibility index (Phi) is 3.15. The number of carboxylic acid groups (broad SMARTS) is 1. The zero-order valence-electron chi connectivity index (χ0n) is 8.98. The van der Waals surface area contributed by atoms with E-state index in [1.165, 1.54) is 6.07 Å². The third-order valence-corrected chi connectivity index (χ3v) is 3.91. The maximum atomic E-state index is 12.0. The van der Waals surface area contributed by atoms with Crippen molar-refractivity contribution in [2.75, 3.05) is 0 Å². The molecule has 0 heterocycles. The Balaban J connectivity index is 2.22. The van der Waals surface area contributed by atoms with E-state index in [1.54, 1.807) is 19.1 Å². The van der Waals surface area contributed by atoms with Crippen molar-refractivity contribution in [1.82, 2.24) is 0 Å². The summed E-state index contributed by atoms with van der Waals surface area (Å²) >= 11 is 11.6. The van der Waals surface area contributed by atoms with Crippen molar-refractivity contribution >= 4 is 35.0 Å². The largest absolute Gasteiger partial charge is 0.481 e. The molecule has 1 aromatic rings. The van der Waals surface area contributed by atoms with Crippen LogP contribution in [0.3, 0.4) is 0 Å². The van der Waals surface area contributed by atoms with Gasteiger partial charge in [-0.25, -0.2) is 0 Å². The van der Waals surface area contributed by atoms with Crippen LogP contribution >= 0.6 is 23.2 Å². The summed E-state index contributed by atoms with van der Waals surface area (Å²) in [5, 5.41) is 9.57. The van der Waals surface area contributed by atoms with Crippen LogP contribution in [0.15, 0.2) is 18.2 Å². The third-order valence-electron chi connectivity index (χ3n) is 3.17. The van der Waals surface area contributed by atoms with Gasteiger partial charge in [0.25, 0.3) is 0 Å². The van der Waals surface area contributed by atoms with Crippen LogP contribution in [-0.2, 0) is 4.79 Å². The highest BCUT2D eigenvalue weighted by atomic mass is 35.5. The molecular formula is C12H10Cl2O3. The number of benzene rings is 1. The minimum Gasteiger partial charge on any atom is -0.481 e. The van der Waals surface area contributed by atoms with Crippen molar-refractivity contribution in [3.63, 3.8) is 0 Å². The minimum absolute atomic E-state index is 0.116. The summed E-state index contributed by atoms with van der Waals surface area (Å²) in [6.07, 6.45) is 0. The number of aliphatic carboxylic acids is 1. The highest BCUT2D eigenvalue weighted by Crippen LogP contribution is 2.48. The Labute approximate surface area is 108 Å². The number of carbonyl (C=O) groups excluding carboxylic acids is 1. The Morgan fingerprint density at radius 1 is 1.18 bits per heavy atom. The molecule has 5 heteroatoms. The molecule has 0 amide bonds. The average Bonchev–Trinajstić information content (AvgIpc) is 2.93. The molecule has 3 nitrogen and oxygen atoms in total. The van der Waals surface area contributed by atoms with Crippen LogP contribution in [0.5, 0.6) is 0 Å². The topological polar surface area (TPSA) is 54.4 Å². The quantitative estimate of drug-likeness (QED) is 0.861. The average molecular weight is 273 g/mol.